The number of anilines is 1. The standard InChI is InChI=1S/C23H15Cl2FN4O5S/c1-34-17-6-5-13(9-15(17)24)28-19(31)11-30-21(32)18(36-23(30)33)8-12-3-2-4-14(7-12)35-20-16(26)10-27-22(25)29-20/h2-10H,11H2,1H3,(H,28,31)/b18-8+. The van der Waals surface area contributed by atoms with Crippen molar-refractivity contribution in [3.8, 4) is 17.4 Å². The molecule has 0 bridgehead atoms. The Labute approximate surface area is 218 Å². The maximum Gasteiger partial charge on any atom is 0.294 e. The van der Waals surface area contributed by atoms with Crippen LogP contribution in [0.3, 0.4) is 0 Å². The van der Waals surface area contributed by atoms with Crippen molar-refractivity contribution in [2.45, 2.75) is 0 Å². The van der Waals surface area contributed by atoms with E-state index in [2.05, 4.69) is 15.3 Å². The predicted octanol–water partition coefficient (Wildman–Crippen LogP) is 5.40. The van der Waals surface area contributed by atoms with Crippen LogP contribution in [-0.4, -0.2) is 45.6 Å². The van der Waals surface area contributed by atoms with Crippen molar-refractivity contribution in [2.75, 3.05) is 19.0 Å². The topological polar surface area (TPSA) is 111 Å². The number of halogens is 3. The van der Waals surface area contributed by atoms with Gasteiger partial charge in [0.25, 0.3) is 17.0 Å². The molecule has 1 saturated heterocycles. The minimum Gasteiger partial charge on any atom is -0.495 e. The number of hydrogen-bond acceptors (Lipinski definition) is 8. The highest BCUT2D eigenvalue weighted by molar-refractivity contribution is 8.18. The minimum atomic E-state index is -0.805. The highest BCUT2D eigenvalue weighted by atomic mass is 35.5. The zero-order chi connectivity index (χ0) is 25.8. The lowest BCUT2D eigenvalue weighted by molar-refractivity contribution is -0.127. The van der Waals surface area contributed by atoms with Crippen LogP contribution < -0.4 is 14.8 Å². The highest BCUT2D eigenvalue weighted by Gasteiger charge is 2.36. The van der Waals surface area contributed by atoms with Crippen LogP contribution in [0.15, 0.2) is 53.6 Å². The molecule has 1 aliphatic heterocycles. The molecule has 13 heteroatoms. The monoisotopic (exact) mass is 548 g/mol. The van der Waals surface area contributed by atoms with E-state index >= 15 is 0 Å². The van der Waals surface area contributed by atoms with Crippen LogP contribution in [0.5, 0.6) is 17.4 Å². The summed E-state index contributed by atoms with van der Waals surface area (Å²) in [4.78, 5) is 45.8. The van der Waals surface area contributed by atoms with E-state index in [0.29, 0.717) is 33.8 Å². The number of methoxy groups -OCH3 is 1. The van der Waals surface area contributed by atoms with E-state index in [1.54, 1.807) is 30.3 Å². The number of thioether (sulfide) groups is 1. The fraction of sp³-hybridized carbons (Fsp3) is 0.0870. The number of ether oxygens (including phenoxy) is 2. The lowest BCUT2D eigenvalue weighted by Gasteiger charge is -2.13. The summed E-state index contributed by atoms with van der Waals surface area (Å²) in [5.41, 5.74) is 0.877. The largest absolute Gasteiger partial charge is 0.495 e. The molecule has 9 nitrogen and oxygen atoms in total. The molecule has 2 heterocycles. The third-order valence-corrected chi connectivity index (χ3v) is 6.05. The fourth-order valence-corrected chi connectivity index (χ4v) is 4.28. The molecule has 0 saturated carbocycles. The number of carbonyl (C=O) groups is 3. The Kier molecular flexibility index (Phi) is 7.73. The molecule has 2 aromatic carbocycles. The van der Waals surface area contributed by atoms with Crippen molar-refractivity contribution in [1.82, 2.24) is 14.9 Å². The summed E-state index contributed by atoms with van der Waals surface area (Å²) in [7, 11) is 1.46. The smallest absolute Gasteiger partial charge is 0.294 e. The van der Waals surface area contributed by atoms with Crippen LogP contribution in [-0.2, 0) is 9.59 Å². The summed E-state index contributed by atoms with van der Waals surface area (Å²) >= 11 is 12.4. The van der Waals surface area contributed by atoms with Crippen molar-refractivity contribution >= 4 is 63.8 Å². The second-order valence-electron chi connectivity index (χ2n) is 7.13. The van der Waals surface area contributed by atoms with Crippen molar-refractivity contribution < 1.29 is 28.2 Å². The Morgan fingerprint density at radius 2 is 2.03 bits per heavy atom. The molecule has 1 N–H and O–H groups in total. The maximum absolute atomic E-state index is 13.9. The average Bonchev–Trinajstić information content (AvgIpc) is 3.09. The number of hydrogen-bond donors (Lipinski definition) is 1. The first-order valence-electron chi connectivity index (χ1n) is 10.1. The van der Waals surface area contributed by atoms with E-state index in [9.17, 15) is 18.8 Å². The van der Waals surface area contributed by atoms with Crippen LogP contribution in [0.1, 0.15) is 5.56 Å². The van der Waals surface area contributed by atoms with E-state index in [-0.39, 0.29) is 21.8 Å². The van der Waals surface area contributed by atoms with Gasteiger partial charge in [-0.15, -0.1) is 0 Å². The Bertz CT molecular complexity index is 1400. The zero-order valence-corrected chi connectivity index (χ0v) is 20.7. The van der Waals surface area contributed by atoms with Crippen LogP contribution in [0.4, 0.5) is 14.9 Å². The first-order valence-corrected chi connectivity index (χ1v) is 11.7. The number of imide groups is 1. The van der Waals surface area contributed by atoms with Gasteiger partial charge < -0.3 is 14.8 Å². The number of nitrogens with zero attached hydrogens (tertiary/aromatic N) is 3. The predicted molar refractivity (Wildman–Crippen MR) is 133 cm³/mol. The molecule has 1 aliphatic rings. The van der Waals surface area contributed by atoms with E-state index in [1.165, 1.54) is 25.3 Å². The molecule has 0 spiro atoms. The summed E-state index contributed by atoms with van der Waals surface area (Å²) in [5, 5.41) is 2.09. The lowest BCUT2D eigenvalue weighted by atomic mass is 10.2. The van der Waals surface area contributed by atoms with Gasteiger partial charge in [-0.1, -0.05) is 23.7 Å². The number of carbonyl (C=O) groups excluding carboxylic acids is 3. The third kappa shape index (κ3) is 5.93. The summed E-state index contributed by atoms with van der Waals surface area (Å²) < 4.78 is 24.3. The molecular formula is C23H15Cl2FN4O5S. The lowest BCUT2D eigenvalue weighted by Crippen LogP contribution is -2.36. The van der Waals surface area contributed by atoms with Gasteiger partial charge in [0.2, 0.25) is 17.0 Å². The van der Waals surface area contributed by atoms with Gasteiger partial charge >= 0.3 is 0 Å². The maximum atomic E-state index is 13.9. The third-order valence-electron chi connectivity index (χ3n) is 4.66. The number of rotatable bonds is 7. The molecule has 0 atom stereocenters. The Morgan fingerprint density at radius 3 is 2.78 bits per heavy atom. The van der Waals surface area contributed by atoms with E-state index in [1.807, 2.05) is 0 Å². The van der Waals surface area contributed by atoms with Gasteiger partial charge in [-0.25, -0.2) is 4.98 Å². The number of benzene rings is 2. The van der Waals surface area contributed by atoms with Gasteiger partial charge in [0.05, 0.1) is 23.2 Å². The second kappa shape index (κ2) is 10.9. The highest BCUT2D eigenvalue weighted by Crippen LogP contribution is 2.33. The number of amides is 3. The Morgan fingerprint density at radius 1 is 1.22 bits per heavy atom. The van der Waals surface area contributed by atoms with Crippen molar-refractivity contribution in [3.05, 3.63) is 75.3 Å². The first kappa shape index (κ1) is 25.4. The molecule has 36 heavy (non-hydrogen) atoms. The summed E-state index contributed by atoms with van der Waals surface area (Å²) in [6.07, 6.45) is 2.34. The molecule has 184 valence electrons. The van der Waals surface area contributed by atoms with Gasteiger partial charge in [0.15, 0.2) is 0 Å². The van der Waals surface area contributed by atoms with Gasteiger partial charge in [-0.05, 0) is 65.3 Å². The van der Waals surface area contributed by atoms with Crippen LogP contribution >= 0.6 is 35.0 Å². The zero-order valence-electron chi connectivity index (χ0n) is 18.3. The average molecular weight is 549 g/mol. The Balaban J connectivity index is 1.44. The van der Waals surface area contributed by atoms with Crippen molar-refractivity contribution in [3.63, 3.8) is 0 Å². The quantitative estimate of drug-likeness (QED) is 0.308. The molecule has 1 aromatic heterocycles. The molecule has 0 radical (unpaired) electrons. The summed E-state index contributed by atoms with van der Waals surface area (Å²) in [6, 6.07) is 11.0. The number of aromatic nitrogens is 2. The fourth-order valence-electron chi connectivity index (χ4n) is 3.06. The second-order valence-corrected chi connectivity index (χ2v) is 8.87. The molecule has 3 amide bonds. The van der Waals surface area contributed by atoms with E-state index < -0.39 is 29.4 Å². The molecule has 0 unspecified atom stereocenters. The van der Waals surface area contributed by atoms with Crippen molar-refractivity contribution in [2.24, 2.45) is 0 Å². The first-order chi connectivity index (χ1) is 17.2. The minimum absolute atomic E-state index is 0.105. The molecule has 0 aliphatic carbocycles. The van der Waals surface area contributed by atoms with Gasteiger partial charge in [-0.3, -0.25) is 19.3 Å². The number of nitrogens with one attached hydrogen (secondary N) is 1. The Hall–Kier alpha value is -3.67. The van der Waals surface area contributed by atoms with Crippen molar-refractivity contribution in [1.29, 1.82) is 0 Å². The van der Waals surface area contributed by atoms with Gasteiger partial charge in [-0.2, -0.15) is 9.37 Å². The van der Waals surface area contributed by atoms with Gasteiger partial charge in [0.1, 0.15) is 18.0 Å². The van der Waals surface area contributed by atoms with E-state index in [0.717, 1.165) is 11.1 Å². The molecule has 3 aromatic rings. The normalized spacial score (nSPS) is 14.3. The summed E-state index contributed by atoms with van der Waals surface area (Å²) in [6.45, 7) is -0.484. The van der Waals surface area contributed by atoms with E-state index in [4.69, 9.17) is 32.7 Å². The molecule has 1 fully saturated rings. The van der Waals surface area contributed by atoms with Crippen LogP contribution in [0, 0.1) is 5.82 Å². The molecular weight excluding hydrogens is 534 g/mol. The van der Waals surface area contributed by atoms with Crippen LogP contribution in [0.2, 0.25) is 10.3 Å². The SMILES string of the molecule is COc1ccc(NC(=O)CN2C(=O)S/C(=C/c3cccc(Oc4nc(Cl)ncc4F)c3)C2=O)cc1Cl. The summed E-state index contributed by atoms with van der Waals surface area (Å²) in [5.74, 6) is -1.73. The van der Waals surface area contributed by atoms with Crippen LogP contribution in [0.25, 0.3) is 6.08 Å². The molecule has 4 rings (SSSR count). The van der Waals surface area contributed by atoms with Gasteiger partial charge in [0, 0.05) is 5.69 Å².